The van der Waals surface area contributed by atoms with Crippen LogP contribution < -0.4 is 5.32 Å². The van der Waals surface area contributed by atoms with E-state index in [1.807, 2.05) is 12.3 Å². The fourth-order valence-electron chi connectivity index (χ4n) is 3.78. The molecule has 0 amide bonds. The van der Waals surface area contributed by atoms with E-state index in [9.17, 15) is 0 Å². The minimum Gasteiger partial charge on any atom is -0.369 e. The second-order valence-electron chi connectivity index (χ2n) is 6.20. The van der Waals surface area contributed by atoms with Crippen LogP contribution >= 0.6 is 22.9 Å². The van der Waals surface area contributed by atoms with Crippen molar-refractivity contribution in [2.24, 2.45) is 0 Å². The monoisotopic (exact) mass is 335 g/mol. The summed E-state index contributed by atoms with van der Waals surface area (Å²) < 4.78 is 7.21. The van der Waals surface area contributed by atoms with Gasteiger partial charge in [-0.05, 0) is 43.0 Å². The highest BCUT2D eigenvalue weighted by Gasteiger charge is 2.46. The molecule has 1 saturated heterocycles. The number of nitrogens with one attached hydrogen (secondary N) is 1. The van der Waals surface area contributed by atoms with Gasteiger partial charge in [0.2, 0.25) is 0 Å². The second kappa shape index (κ2) is 5.57. The van der Waals surface area contributed by atoms with Crippen molar-refractivity contribution >= 4 is 22.9 Å². The van der Waals surface area contributed by atoms with Crippen LogP contribution in [-0.2, 0) is 16.8 Å². The van der Waals surface area contributed by atoms with E-state index in [-0.39, 0.29) is 11.6 Å². The minimum absolute atomic E-state index is 0.218. The Kier molecular flexibility index (Phi) is 3.69. The molecule has 3 atom stereocenters. The molecule has 116 valence electrons. The lowest BCUT2D eigenvalue weighted by Gasteiger charge is -2.46. The summed E-state index contributed by atoms with van der Waals surface area (Å²) in [6.45, 7) is 2.99. The lowest BCUT2D eigenvalue weighted by molar-refractivity contribution is -0.0954. The van der Waals surface area contributed by atoms with Crippen LogP contribution in [-0.4, -0.2) is 22.8 Å². The van der Waals surface area contributed by atoms with Crippen LogP contribution in [0, 0.1) is 0 Å². The first-order chi connectivity index (χ1) is 10.7. The number of fused-ring (bicyclic) bond motifs is 2. The molecule has 2 aromatic heterocycles. The summed E-state index contributed by atoms with van der Waals surface area (Å²) in [7, 11) is 0. The summed E-state index contributed by atoms with van der Waals surface area (Å²) >= 11 is 7.95. The van der Waals surface area contributed by atoms with Gasteiger partial charge in [0.1, 0.15) is 5.60 Å². The van der Waals surface area contributed by atoms with Crippen LogP contribution in [0.15, 0.2) is 24.5 Å². The Balaban J connectivity index is 1.73. The number of nitrogens with zero attached hydrogens (tertiary/aromatic N) is 2. The molecular formula is C16H18ClN3OS. The minimum atomic E-state index is -0.218. The quantitative estimate of drug-likeness (QED) is 0.866. The van der Waals surface area contributed by atoms with Gasteiger partial charge in [-0.2, -0.15) is 10.2 Å². The fraction of sp³-hybridized carbons (Fsp3) is 0.500. The molecule has 0 aromatic carbocycles. The van der Waals surface area contributed by atoms with Gasteiger partial charge < -0.3 is 10.1 Å². The van der Waals surface area contributed by atoms with Crippen LogP contribution in [0.3, 0.4) is 0 Å². The van der Waals surface area contributed by atoms with Gasteiger partial charge in [-0.25, -0.2) is 0 Å². The molecule has 0 aliphatic carbocycles. The fourth-order valence-corrected chi connectivity index (χ4v) is 5.24. The standard InChI is InChI=1S/C16H18ClN3OS/c1-10-7-16(8-13(20-10)12-2-4-18-19-9-12)15-11(3-5-21-16)6-14(17)22-15/h2,4,6,9-10,13,20H,3,5,7-8H2,1H3. The van der Waals surface area contributed by atoms with Crippen molar-refractivity contribution < 1.29 is 4.74 Å². The summed E-state index contributed by atoms with van der Waals surface area (Å²) in [5, 5.41) is 11.6. The number of aromatic nitrogens is 2. The molecule has 1 spiro atoms. The van der Waals surface area contributed by atoms with Gasteiger partial charge >= 0.3 is 0 Å². The van der Waals surface area contributed by atoms with Crippen LogP contribution in [0.5, 0.6) is 0 Å². The Morgan fingerprint density at radius 3 is 3.14 bits per heavy atom. The van der Waals surface area contributed by atoms with Crippen LogP contribution in [0.25, 0.3) is 0 Å². The first kappa shape index (κ1) is 14.6. The van der Waals surface area contributed by atoms with E-state index in [1.54, 1.807) is 17.5 Å². The van der Waals surface area contributed by atoms with E-state index in [0.29, 0.717) is 6.04 Å². The highest BCUT2D eigenvalue weighted by atomic mass is 35.5. The van der Waals surface area contributed by atoms with E-state index >= 15 is 0 Å². The molecule has 2 aliphatic rings. The molecule has 4 heterocycles. The predicted octanol–water partition coefficient (Wildman–Crippen LogP) is 3.47. The SMILES string of the molecule is CC1CC2(CC(c3ccnnc3)N1)OCCc1cc(Cl)sc12. The molecule has 22 heavy (non-hydrogen) atoms. The van der Waals surface area contributed by atoms with Gasteiger partial charge in [-0.1, -0.05) is 11.6 Å². The summed E-state index contributed by atoms with van der Waals surface area (Å²) in [6.07, 6.45) is 6.44. The van der Waals surface area contributed by atoms with Crippen LogP contribution in [0.1, 0.15) is 41.8 Å². The maximum absolute atomic E-state index is 6.34. The third kappa shape index (κ3) is 2.46. The zero-order chi connectivity index (χ0) is 15.2. The number of halogens is 1. The molecule has 4 rings (SSSR count). The Labute approximate surface area is 138 Å². The van der Waals surface area contributed by atoms with Gasteiger partial charge in [0.05, 0.1) is 17.1 Å². The first-order valence-electron chi connectivity index (χ1n) is 7.61. The van der Waals surface area contributed by atoms with E-state index in [0.717, 1.165) is 30.2 Å². The predicted molar refractivity (Wildman–Crippen MR) is 87.3 cm³/mol. The molecule has 1 fully saturated rings. The van der Waals surface area contributed by atoms with Crippen molar-refractivity contribution in [2.75, 3.05) is 6.61 Å². The third-order valence-electron chi connectivity index (χ3n) is 4.61. The number of piperidine rings is 1. The Hall–Kier alpha value is -1.01. The van der Waals surface area contributed by atoms with E-state index < -0.39 is 0 Å². The highest BCUT2D eigenvalue weighted by molar-refractivity contribution is 7.16. The average Bonchev–Trinajstić information content (AvgIpc) is 2.90. The lowest BCUT2D eigenvalue weighted by atomic mass is 9.78. The molecule has 0 saturated carbocycles. The summed E-state index contributed by atoms with van der Waals surface area (Å²) in [5.74, 6) is 0. The molecule has 6 heteroatoms. The first-order valence-corrected chi connectivity index (χ1v) is 8.81. The molecule has 4 nitrogen and oxygen atoms in total. The number of hydrogen-bond acceptors (Lipinski definition) is 5. The number of rotatable bonds is 1. The van der Waals surface area contributed by atoms with Crippen molar-refractivity contribution in [1.29, 1.82) is 0 Å². The maximum atomic E-state index is 6.34. The van der Waals surface area contributed by atoms with Crippen LogP contribution in [0.4, 0.5) is 0 Å². The molecule has 0 radical (unpaired) electrons. The number of ether oxygens (including phenoxy) is 1. The summed E-state index contributed by atoms with van der Waals surface area (Å²) in [5.41, 5.74) is 2.31. The smallest absolute Gasteiger partial charge is 0.106 e. The maximum Gasteiger partial charge on any atom is 0.106 e. The van der Waals surface area contributed by atoms with E-state index in [4.69, 9.17) is 16.3 Å². The molecule has 2 aromatic rings. The summed E-state index contributed by atoms with van der Waals surface area (Å²) in [4.78, 5) is 1.32. The van der Waals surface area contributed by atoms with Crippen molar-refractivity contribution in [3.8, 4) is 0 Å². The Bertz CT molecular complexity index is 677. The normalized spacial score (nSPS) is 31.2. The lowest BCUT2D eigenvalue weighted by Crippen LogP contribution is -2.49. The topological polar surface area (TPSA) is 47.0 Å². The molecular weight excluding hydrogens is 318 g/mol. The highest BCUT2D eigenvalue weighted by Crippen LogP contribution is 2.49. The molecule has 1 N–H and O–H groups in total. The van der Waals surface area contributed by atoms with Gasteiger partial charge in [0.25, 0.3) is 0 Å². The molecule has 2 aliphatic heterocycles. The number of hydrogen-bond donors (Lipinski definition) is 1. The Morgan fingerprint density at radius 1 is 1.41 bits per heavy atom. The van der Waals surface area contributed by atoms with Gasteiger partial charge in [0.15, 0.2) is 0 Å². The van der Waals surface area contributed by atoms with E-state index in [1.165, 1.54) is 16.0 Å². The van der Waals surface area contributed by atoms with Crippen molar-refractivity contribution in [2.45, 2.75) is 43.9 Å². The second-order valence-corrected chi connectivity index (χ2v) is 7.89. The largest absolute Gasteiger partial charge is 0.369 e. The van der Waals surface area contributed by atoms with Crippen molar-refractivity contribution in [1.82, 2.24) is 15.5 Å². The van der Waals surface area contributed by atoms with Crippen molar-refractivity contribution in [3.05, 3.63) is 44.9 Å². The Morgan fingerprint density at radius 2 is 2.32 bits per heavy atom. The average molecular weight is 336 g/mol. The number of thiophene rings is 1. The molecule has 0 bridgehead atoms. The molecule has 3 unspecified atom stereocenters. The van der Waals surface area contributed by atoms with Gasteiger partial charge in [0, 0.05) is 29.6 Å². The van der Waals surface area contributed by atoms with Gasteiger partial charge in [-0.15, -0.1) is 11.3 Å². The zero-order valence-electron chi connectivity index (χ0n) is 12.4. The van der Waals surface area contributed by atoms with Gasteiger partial charge in [-0.3, -0.25) is 0 Å². The zero-order valence-corrected chi connectivity index (χ0v) is 14.0. The third-order valence-corrected chi connectivity index (χ3v) is 6.10. The van der Waals surface area contributed by atoms with Crippen LogP contribution in [0.2, 0.25) is 4.34 Å². The summed E-state index contributed by atoms with van der Waals surface area (Å²) in [6, 6.07) is 4.74. The van der Waals surface area contributed by atoms with Crippen molar-refractivity contribution in [3.63, 3.8) is 0 Å². The van der Waals surface area contributed by atoms with E-state index in [2.05, 4.69) is 28.5 Å².